The standard InChI is InChI=1S/C40H37N5O4S/c1-4-25-5-9-27(10-6-25)28-13-15-29(16-14-28)31-20-42-36(43-21-31)30-11-7-26(8-12-30)19-33(38(47)45-22-32(23-45)39(48)49)44-37(46)34-17-18-35(50-34)40(2,3)24-41/h5-18,20-21,32-33H,4,19,22-23H2,1-3H3,(H,44,46)(H,48,49)/t33-/m0/s1. The van der Waals surface area contributed by atoms with Gasteiger partial charge in [0.25, 0.3) is 5.91 Å². The molecule has 50 heavy (non-hydrogen) atoms. The lowest BCUT2D eigenvalue weighted by Crippen LogP contribution is -2.59. The van der Waals surface area contributed by atoms with Gasteiger partial charge in [-0.05, 0) is 60.2 Å². The van der Waals surface area contributed by atoms with Crippen LogP contribution in [-0.2, 0) is 27.8 Å². The summed E-state index contributed by atoms with van der Waals surface area (Å²) in [6.07, 6.45) is 4.83. The van der Waals surface area contributed by atoms with E-state index in [1.807, 2.05) is 24.3 Å². The van der Waals surface area contributed by atoms with Crippen LogP contribution in [0.15, 0.2) is 97.3 Å². The van der Waals surface area contributed by atoms with Gasteiger partial charge in [0, 0.05) is 47.9 Å². The number of aryl methyl sites for hydroxylation is 1. The smallest absolute Gasteiger partial charge is 0.310 e. The number of nitriles is 1. The van der Waals surface area contributed by atoms with Crippen molar-refractivity contribution in [2.45, 2.75) is 45.1 Å². The largest absolute Gasteiger partial charge is 0.481 e. The molecule has 2 amide bonds. The van der Waals surface area contributed by atoms with Crippen molar-refractivity contribution in [1.29, 1.82) is 5.26 Å². The molecule has 5 aromatic rings. The number of carbonyl (C=O) groups is 3. The Kier molecular flexibility index (Phi) is 9.88. The van der Waals surface area contributed by atoms with Crippen LogP contribution < -0.4 is 5.32 Å². The summed E-state index contributed by atoms with van der Waals surface area (Å²) >= 11 is 1.21. The fraction of sp³-hybridized carbons (Fsp3) is 0.250. The predicted molar refractivity (Wildman–Crippen MR) is 193 cm³/mol. The van der Waals surface area contributed by atoms with E-state index in [2.05, 4.69) is 76.8 Å². The van der Waals surface area contributed by atoms with Crippen molar-refractivity contribution in [2.24, 2.45) is 5.92 Å². The van der Waals surface area contributed by atoms with Crippen molar-refractivity contribution in [3.63, 3.8) is 0 Å². The van der Waals surface area contributed by atoms with Crippen LogP contribution in [0, 0.1) is 17.2 Å². The summed E-state index contributed by atoms with van der Waals surface area (Å²) in [5.41, 5.74) is 6.41. The maximum Gasteiger partial charge on any atom is 0.310 e. The lowest BCUT2D eigenvalue weighted by molar-refractivity contribution is -0.153. The Hall–Kier alpha value is -5.66. The minimum atomic E-state index is -0.946. The first kappa shape index (κ1) is 34.2. The van der Waals surface area contributed by atoms with Crippen LogP contribution in [0.1, 0.15) is 46.4 Å². The molecule has 1 aliphatic rings. The van der Waals surface area contributed by atoms with Gasteiger partial charge in [0.05, 0.1) is 22.3 Å². The van der Waals surface area contributed by atoms with E-state index >= 15 is 0 Å². The second-order valence-corrected chi connectivity index (χ2v) is 14.1. The average molecular weight is 684 g/mol. The van der Waals surface area contributed by atoms with Crippen LogP contribution in [0.5, 0.6) is 0 Å². The monoisotopic (exact) mass is 683 g/mol. The summed E-state index contributed by atoms with van der Waals surface area (Å²) in [5.74, 6) is -1.76. The normalized spacial score (nSPS) is 13.6. The number of benzene rings is 3. The van der Waals surface area contributed by atoms with Gasteiger partial charge in [0.2, 0.25) is 5.91 Å². The summed E-state index contributed by atoms with van der Waals surface area (Å²) in [6.45, 7) is 5.91. The van der Waals surface area contributed by atoms with Crippen LogP contribution in [0.3, 0.4) is 0 Å². The lowest BCUT2D eigenvalue weighted by Gasteiger charge is -2.38. The SMILES string of the molecule is CCc1ccc(-c2ccc(-c3cnc(-c4ccc(C[C@H](NC(=O)c5ccc(C(C)(C)C#N)s5)C(=O)N5CC(C(=O)O)C5)cc4)nc3)cc2)cc1. The Balaban J connectivity index is 1.14. The zero-order valence-corrected chi connectivity index (χ0v) is 28.9. The molecular weight excluding hydrogens is 647 g/mol. The average Bonchev–Trinajstić information content (AvgIpc) is 3.63. The Morgan fingerprint density at radius 2 is 1.40 bits per heavy atom. The topological polar surface area (TPSA) is 136 Å². The molecule has 10 heteroatoms. The zero-order chi connectivity index (χ0) is 35.4. The number of thiophene rings is 1. The minimum absolute atomic E-state index is 0.100. The molecule has 0 bridgehead atoms. The highest BCUT2D eigenvalue weighted by molar-refractivity contribution is 7.14. The van der Waals surface area contributed by atoms with Gasteiger partial charge in [0.15, 0.2) is 5.82 Å². The molecule has 6 rings (SSSR count). The molecule has 2 N–H and O–H groups in total. The number of aliphatic carboxylic acids is 1. The van der Waals surface area contributed by atoms with E-state index in [-0.39, 0.29) is 25.4 Å². The maximum absolute atomic E-state index is 13.5. The summed E-state index contributed by atoms with van der Waals surface area (Å²) in [5, 5.41) is 21.7. The molecule has 0 unspecified atom stereocenters. The molecule has 1 saturated heterocycles. The number of hydrogen-bond donors (Lipinski definition) is 2. The second kappa shape index (κ2) is 14.4. The molecule has 252 valence electrons. The highest BCUT2D eigenvalue weighted by Gasteiger charge is 2.39. The van der Waals surface area contributed by atoms with Crippen molar-refractivity contribution in [3.8, 4) is 39.7 Å². The Morgan fingerprint density at radius 3 is 1.96 bits per heavy atom. The first-order chi connectivity index (χ1) is 24.0. The summed E-state index contributed by atoms with van der Waals surface area (Å²) in [7, 11) is 0. The van der Waals surface area contributed by atoms with Gasteiger partial charge in [-0.1, -0.05) is 79.7 Å². The predicted octanol–water partition coefficient (Wildman–Crippen LogP) is 6.79. The number of amides is 2. The number of nitrogens with one attached hydrogen (secondary N) is 1. The molecule has 1 aliphatic heterocycles. The molecule has 9 nitrogen and oxygen atoms in total. The number of carbonyl (C=O) groups excluding carboxylic acids is 2. The van der Waals surface area contributed by atoms with E-state index in [4.69, 9.17) is 0 Å². The molecule has 0 spiro atoms. The number of rotatable bonds is 11. The first-order valence-electron chi connectivity index (χ1n) is 16.5. The molecular formula is C40H37N5O4S. The van der Waals surface area contributed by atoms with Crippen molar-refractivity contribution in [2.75, 3.05) is 13.1 Å². The molecule has 1 fully saturated rings. The number of carboxylic acids is 1. The van der Waals surface area contributed by atoms with Gasteiger partial charge in [-0.3, -0.25) is 14.4 Å². The van der Waals surface area contributed by atoms with Crippen LogP contribution in [-0.4, -0.2) is 56.9 Å². The zero-order valence-electron chi connectivity index (χ0n) is 28.1. The number of carboxylic acid groups (broad SMARTS) is 1. The summed E-state index contributed by atoms with van der Waals surface area (Å²) < 4.78 is 0. The molecule has 1 atom stereocenters. The molecule has 3 aromatic carbocycles. The third-order valence-electron chi connectivity index (χ3n) is 9.09. The van der Waals surface area contributed by atoms with Gasteiger partial charge in [-0.2, -0.15) is 5.26 Å². The molecule has 3 heterocycles. The number of aromatic nitrogens is 2. The number of likely N-dealkylation sites (tertiary alicyclic amines) is 1. The van der Waals surface area contributed by atoms with Crippen molar-refractivity contribution < 1.29 is 19.5 Å². The van der Waals surface area contributed by atoms with E-state index in [1.165, 1.54) is 27.4 Å². The highest BCUT2D eigenvalue weighted by Crippen LogP contribution is 2.30. The number of hydrogen-bond acceptors (Lipinski definition) is 7. The Morgan fingerprint density at radius 1 is 0.860 bits per heavy atom. The van der Waals surface area contributed by atoms with Crippen molar-refractivity contribution in [3.05, 3.63) is 118 Å². The Bertz CT molecular complexity index is 2040. The number of nitrogens with zero attached hydrogens (tertiary/aromatic N) is 4. The highest BCUT2D eigenvalue weighted by atomic mass is 32.1. The van der Waals surface area contributed by atoms with E-state index in [0.29, 0.717) is 10.7 Å². The molecule has 2 aromatic heterocycles. The Labute approximate surface area is 295 Å². The van der Waals surface area contributed by atoms with E-state index in [9.17, 15) is 24.8 Å². The fourth-order valence-corrected chi connectivity index (χ4v) is 6.72. The third-order valence-corrected chi connectivity index (χ3v) is 10.5. The van der Waals surface area contributed by atoms with Crippen molar-refractivity contribution >= 4 is 29.1 Å². The van der Waals surface area contributed by atoms with E-state index in [0.717, 1.165) is 39.1 Å². The van der Waals surface area contributed by atoms with Crippen LogP contribution >= 0.6 is 11.3 Å². The van der Waals surface area contributed by atoms with Crippen LogP contribution in [0.25, 0.3) is 33.6 Å². The second-order valence-electron chi connectivity index (χ2n) is 13.0. The summed E-state index contributed by atoms with van der Waals surface area (Å²) in [6, 6.07) is 29.2. The van der Waals surface area contributed by atoms with Gasteiger partial charge in [0.1, 0.15) is 6.04 Å². The quantitative estimate of drug-likeness (QED) is 0.157. The van der Waals surface area contributed by atoms with Crippen LogP contribution in [0.2, 0.25) is 0 Å². The van der Waals surface area contributed by atoms with Gasteiger partial charge < -0.3 is 15.3 Å². The molecule has 0 aliphatic carbocycles. The minimum Gasteiger partial charge on any atom is -0.481 e. The van der Waals surface area contributed by atoms with Gasteiger partial charge >= 0.3 is 5.97 Å². The van der Waals surface area contributed by atoms with Gasteiger partial charge in [-0.15, -0.1) is 11.3 Å². The van der Waals surface area contributed by atoms with Crippen molar-refractivity contribution in [1.82, 2.24) is 20.2 Å². The summed E-state index contributed by atoms with van der Waals surface area (Å²) in [4.78, 5) is 50.0. The lowest BCUT2D eigenvalue weighted by atomic mass is 9.94. The molecule has 0 radical (unpaired) electrons. The van der Waals surface area contributed by atoms with Gasteiger partial charge in [-0.25, -0.2) is 9.97 Å². The first-order valence-corrected chi connectivity index (χ1v) is 17.3. The molecule has 0 saturated carbocycles. The van der Waals surface area contributed by atoms with E-state index in [1.54, 1.807) is 38.4 Å². The maximum atomic E-state index is 13.5. The van der Waals surface area contributed by atoms with E-state index < -0.39 is 29.3 Å². The third kappa shape index (κ3) is 7.48. The fourth-order valence-electron chi connectivity index (χ4n) is 5.76. The van der Waals surface area contributed by atoms with Crippen LogP contribution in [0.4, 0.5) is 0 Å².